The predicted molar refractivity (Wildman–Crippen MR) is 211 cm³/mol. The Morgan fingerprint density at radius 2 is 0.784 bits per heavy atom. The van der Waals surface area contributed by atoms with Gasteiger partial charge in [0.15, 0.2) is 0 Å². The van der Waals surface area contributed by atoms with Crippen LogP contribution in [0.1, 0.15) is 28.7 Å². The van der Waals surface area contributed by atoms with Gasteiger partial charge < -0.3 is 10.6 Å². The Morgan fingerprint density at radius 3 is 1.22 bits per heavy atom. The molecule has 0 spiro atoms. The van der Waals surface area contributed by atoms with Crippen LogP contribution in [0.4, 0.5) is 0 Å². The largest absolute Gasteiger partial charge is 0.352 e. The average Bonchev–Trinajstić information content (AvgIpc) is 3.20. The predicted octanol–water partition coefficient (Wildman–Crippen LogP) is 7.74. The molecule has 0 aliphatic carbocycles. The quantitative estimate of drug-likeness (QED) is 0.102. The standard InChI is InChI=1S/C46H46N2O2Si/c49-45(47-35-39-23-11-3-12-24-39)41(33-37-19-7-1-8-20-37)31-32-51(42-27-15-5-16-28-42,43-29-17-6-18-30-43)44(34-38-21-9-2-10-22-38)46(50)48-36-40-25-13-4-14-26-40/h1-30,41,44H,31-36H2,(H,47,49)(H,48,50)/t41-,44-/m0/s1. The van der Waals surface area contributed by atoms with Gasteiger partial charge in [0.2, 0.25) is 11.8 Å². The highest BCUT2D eigenvalue weighted by atomic mass is 28.3. The monoisotopic (exact) mass is 686 g/mol. The molecule has 0 aliphatic heterocycles. The van der Waals surface area contributed by atoms with Crippen molar-refractivity contribution in [2.75, 3.05) is 0 Å². The second-order valence-corrected chi connectivity index (χ2v) is 17.6. The Morgan fingerprint density at radius 1 is 0.431 bits per heavy atom. The fourth-order valence-corrected chi connectivity index (χ4v) is 12.9. The van der Waals surface area contributed by atoms with E-state index in [0.29, 0.717) is 32.4 Å². The molecule has 51 heavy (non-hydrogen) atoms. The molecule has 0 saturated heterocycles. The average molecular weight is 687 g/mol. The van der Waals surface area contributed by atoms with Gasteiger partial charge >= 0.3 is 0 Å². The topological polar surface area (TPSA) is 58.2 Å². The van der Waals surface area contributed by atoms with E-state index in [-0.39, 0.29) is 23.3 Å². The second kappa shape index (κ2) is 17.9. The lowest BCUT2D eigenvalue weighted by Gasteiger charge is -2.40. The molecule has 6 rings (SSSR count). The summed E-state index contributed by atoms with van der Waals surface area (Å²) < 4.78 is 0. The summed E-state index contributed by atoms with van der Waals surface area (Å²) in [6.45, 7) is 0.932. The SMILES string of the molecule is O=C(NCc1ccccc1)[C@@H](CC[Si](c1ccccc1)(c1ccccc1)[C@@H](Cc1ccccc1)C(=O)NCc1ccccc1)Cc1ccccc1. The normalized spacial score (nSPS) is 12.4. The van der Waals surface area contributed by atoms with E-state index in [1.807, 2.05) is 97.1 Å². The summed E-state index contributed by atoms with van der Waals surface area (Å²) >= 11 is 0. The summed E-state index contributed by atoms with van der Waals surface area (Å²) in [5, 5.41) is 9.04. The Bertz CT molecular complexity index is 1880. The zero-order chi connectivity index (χ0) is 35.1. The van der Waals surface area contributed by atoms with Crippen LogP contribution in [-0.2, 0) is 35.5 Å². The van der Waals surface area contributed by atoms with Crippen molar-refractivity contribution in [1.29, 1.82) is 0 Å². The van der Waals surface area contributed by atoms with Crippen LogP contribution in [0.25, 0.3) is 0 Å². The molecule has 256 valence electrons. The van der Waals surface area contributed by atoms with Crippen molar-refractivity contribution >= 4 is 30.3 Å². The van der Waals surface area contributed by atoms with Crippen molar-refractivity contribution in [2.24, 2.45) is 5.92 Å². The fraction of sp³-hybridized carbons (Fsp3) is 0.174. The number of hydrogen-bond donors (Lipinski definition) is 2. The van der Waals surface area contributed by atoms with E-state index < -0.39 is 8.07 Å². The van der Waals surface area contributed by atoms with Gasteiger partial charge in [-0.1, -0.05) is 192 Å². The van der Waals surface area contributed by atoms with Crippen LogP contribution in [0.5, 0.6) is 0 Å². The van der Waals surface area contributed by atoms with Gasteiger partial charge in [0.05, 0.1) is 0 Å². The Balaban J connectivity index is 1.42. The zero-order valence-electron chi connectivity index (χ0n) is 29.0. The van der Waals surface area contributed by atoms with E-state index in [1.54, 1.807) is 0 Å². The maximum Gasteiger partial charge on any atom is 0.223 e. The number of carbonyl (C=O) groups is 2. The van der Waals surface area contributed by atoms with Crippen LogP contribution in [0.3, 0.4) is 0 Å². The van der Waals surface area contributed by atoms with E-state index in [9.17, 15) is 9.59 Å². The Hall–Kier alpha value is -5.52. The van der Waals surface area contributed by atoms with Crippen LogP contribution in [0.2, 0.25) is 11.6 Å². The number of rotatable bonds is 16. The molecular weight excluding hydrogens is 641 g/mol. The molecule has 5 heteroatoms. The van der Waals surface area contributed by atoms with Gasteiger partial charge in [-0.3, -0.25) is 9.59 Å². The third kappa shape index (κ3) is 9.38. The lowest BCUT2D eigenvalue weighted by Crippen LogP contribution is -2.65. The Kier molecular flexibility index (Phi) is 12.4. The van der Waals surface area contributed by atoms with E-state index in [2.05, 4.69) is 95.6 Å². The number of nitrogens with one attached hydrogen (secondary N) is 2. The molecule has 4 nitrogen and oxygen atoms in total. The van der Waals surface area contributed by atoms with Gasteiger partial charge in [0.1, 0.15) is 8.07 Å². The summed E-state index contributed by atoms with van der Waals surface area (Å²) in [6, 6.07) is 62.9. The molecule has 0 saturated carbocycles. The Labute approximate surface area is 303 Å². The maximum absolute atomic E-state index is 14.9. The first kappa shape index (κ1) is 35.3. The van der Waals surface area contributed by atoms with E-state index in [4.69, 9.17) is 0 Å². The third-order valence-electron chi connectivity index (χ3n) is 9.97. The molecule has 6 aromatic rings. The minimum absolute atomic E-state index is 0.0415. The zero-order valence-corrected chi connectivity index (χ0v) is 30.0. The van der Waals surface area contributed by atoms with Gasteiger partial charge in [0.25, 0.3) is 0 Å². The molecule has 0 bridgehead atoms. The number of benzene rings is 6. The second-order valence-electron chi connectivity index (χ2n) is 13.3. The summed E-state index contributed by atoms with van der Waals surface area (Å²) in [5.41, 5.74) is 4.06. The molecular formula is C46H46N2O2Si. The van der Waals surface area contributed by atoms with Crippen molar-refractivity contribution in [3.63, 3.8) is 0 Å². The highest BCUT2D eigenvalue weighted by Crippen LogP contribution is 2.34. The number of carbonyl (C=O) groups excluding carboxylic acids is 2. The lowest BCUT2D eigenvalue weighted by atomic mass is 9.96. The van der Waals surface area contributed by atoms with Gasteiger partial charge in [-0.15, -0.1) is 0 Å². The summed E-state index contributed by atoms with van der Waals surface area (Å²) in [5.74, 6) is -0.185. The third-order valence-corrected chi connectivity index (χ3v) is 15.4. The van der Waals surface area contributed by atoms with Crippen LogP contribution >= 0.6 is 0 Å². The van der Waals surface area contributed by atoms with Crippen molar-refractivity contribution in [1.82, 2.24) is 10.6 Å². The molecule has 0 aromatic heterocycles. The first-order valence-electron chi connectivity index (χ1n) is 17.9. The molecule has 0 heterocycles. The molecule has 0 aliphatic rings. The van der Waals surface area contributed by atoms with Gasteiger partial charge in [0, 0.05) is 24.5 Å². The summed E-state index contributed by atoms with van der Waals surface area (Å²) in [7, 11) is -2.97. The summed E-state index contributed by atoms with van der Waals surface area (Å²) in [6.07, 6.45) is 1.86. The highest BCUT2D eigenvalue weighted by molar-refractivity contribution is 7.05. The minimum atomic E-state index is -2.97. The molecule has 0 unspecified atom stereocenters. The molecule has 6 aromatic carbocycles. The first-order valence-corrected chi connectivity index (χ1v) is 20.2. The molecule has 0 radical (unpaired) electrons. The van der Waals surface area contributed by atoms with E-state index >= 15 is 0 Å². The van der Waals surface area contributed by atoms with Crippen molar-refractivity contribution in [3.8, 4) is 0 Å². The van der Waals surface area contributed by atoms with Crippen LogP contribution in [-0.4, -0.2) is 19.9 Å². The van der Waals surface area contributed by atoms with Crippen LogP contribution in [0.15, 0.2) is 182 Å². The lowest BCUT2D eigenvalue weighted by molar-refractivity contribution is -0.125. The van der Waals surface area contributed by atoms with Gasteiger partial charge in [-0.05, 0) is 47.6 Å². The molecule has 2 amide bonds. The van der Waals surface area contributed by atoms with E-state index in [0.717, 1.165) is 28.3 Å². The number of amides is 2. The summed E-state index contributed by atoms with van der Waals surface area (Å²) in [4.78, 5) is 29.1. The minimum Gasteiger partial charge on any atom is -0.352 e. The highest BCUT2D eigenvalue weighted by Gasteiger charge is 2.48. The number of hydrogen-bond acceptors (Lipinski definition) is 2. The first-order chi connectivity index (χ1) is 25.1. The molecule has 2 N–H and O–H groups in total. The van der Waals surface area contributed by atoms with Crippen LogP contribution < -0.4 is 21.0 Å². The van der Waals surface area contributed by atoms with Gasteiger partial charge in [-0.25, -0.2) is 0 Å². The van der Waals surface area contributed by atoms with Crippen molar-refractivity contribution < 1.29 is 9.59 Å². The fourth-order valence-electron chi connectivity index (χ4n) is 7.31. The molecule has 0 fully saturated rings. The van der Waals surface area contributed by atoms with Crippen molar-refractivity contribution in [3.05, 3.63) is 204 Å². The van der Waals surface area contributed by atoms with E-state index in [1.165, 1.54) is 10.4 Å². The molecule has 2 atom stereocenters. The van der Waals surface area contributed by atoms with Crippen LogP contribution in [0, 0.1) is 5.92 Å². The smallest absolute Gasteiger partial charge is 0.223 e. The van der Waals surface area contributed by atoms with Gasteiger partial charge in [-0.2, -0.15) is 0 Å². The maximum atomic E-state index is 14.9. The van der Waals surface area contributed by atoms with Crippen molar-refractivity contribution in [2.45, 2.75) is 43.9 Å².